The molecule has 136 valence electrons. The molecule has 1 N–H and O–H groups in total. The van der Waals surface area contributed by atoms with Crippen molar-refractivity contribution in [2.24, 2.45) is 0 Å². The van der Waals surface area contributed by atoms with Gasteiger partial charge in [-0.3, -0.25) is 19.2 Å². The van der Waals surface area contributed by atoms with Crippen LogP contribution >= 0.6 is 0 Å². The lowest BCUT2D eigenvalue weighted by molar-refractivity contribution is -0.296. The van der Waals surface area contributed by atoms with E-state index < -0.39 is 54.6 Å². The average molecular weight is 348 g/mol. The fourth-order valence-electron chi connectivity index (χ4n) is 2.21. The van der Waals surface area contributed by atoms with Crippen molar-refractivity contribution in [1.82, 2.24) is 0 Å². The Labute approximate surface area is 137 Å². The second-order valence-corrected chi connectivity index (χ2v) is 5.09. The molecule has 1 fully saturated rings. The zero-order chi connectivity index (χ0) is 18.4. The number of rotatable bonds is 5. The Morgan fingerprint density at radius 1 is 0.792 bits per heavy atom. The molecule has 1 saturated heterocycles. The van der Waals surface area contributed by atoms with E-state index in [0.29, 0.717) is 0 Å². The summed E-state index contributed by atoms with van der Waals surface area (Å²) in [5.74, 6) is -2.87. The van der Waals surface area contributed by atoms with Gasteiger partial charge >= 0.3 is 23.9 Å². The summed E-state index contributed by atoms with van der Waals surface area (Å²) in [4.78, 5) is 44.9. The minimum Gasteiger partial charge on any atom is -0.463 e. The van der Waals surface area contributed by atoms with Crippen LogP contribution in [0.5, 0.6) is 0 Å². The molecule has 0 aromatic carbocycles. The first-order chi connectivity index (χ1) is 11.1. The van der Waals surface area contributed by atoms with Crippen LogP contribution in [0.25, 0.3) is 0 Å². The van der Waals surface area contributed by atoms with Crippen molar-refractivity contribution < 1.29 is 48.0 Å². The lowest BCUT2D eigenvalue weighted by Gasteiger charge is -2.42. The number of carbonyl (C=O) groups is 4. The van der Waals surface area contributed by atoms with Gasteiger partial charge in [0.2, 0.25) is 0 Å². The van der Waals surface area contributed by atoms with Gasteiger partial charge in [0.25, 0.3) is 0 Å². The third kappa shape index (κ3) is 5.78. The number of esters is 4. The molecule has 0 aliphatic carbocycles. The lowest BCUT2D eigenvalue weighted by atomic mass is 9.98. The summed E-state index contributed by atoms with van der Waals surface area (Å²) in [5.41, 5.74) is 0. The maximum absolute atomic E-state index is 11.3. The summed E-state index contributed by atoms with van der Waals surface area (Å²) in [6, 6.07) is 0. The second kappa shape index (κ2) is 8.60. The third-order valence-electron chi connectivity index (χ3n) is 2.97. The Morgan fingerprint density at radius 2 is 1.25 bits per heavy atom. The third-order valence-corrected chi connectivity index (χ3v) is 2.97. The lowest BCUT2D eigenvalue weighted by Crippen LogP contribution is -2.62. The standard InChI is InChI=1S/C14H20O10/c1-6(15)20-5-10-11(21-7(2)16)12(22-8(3)17)13(14(19)24-10)23-9(4)18/h10-14,19H,5H2,1-4H3/t10-,11-,12-,13-,14?/m0/s1. The van der Waals surface area contributed by atoms with E-state index in [1.54, 1.807) is 0 Å². The molecule has 0 aromatic rings. The van der Waals surface area contributed by atoms with Gasteiger partial charge in [-0.05, 0) is 0 Å². The molecule has 1 unspecified atom stereocenters. The molecule has 1 rings (SSSR count). The molecule has 0 amide bonds. The number of ether oxygens (including phenoxy) is 5. The van der Waals surface area contributed by atoms with Crippen LogP contribution in [0.3, 0.4) is 0 Å². The Kier molecular flexibility index (Phi) is 7.11. The molecular weight excluding hydrogens is 328 g/mol. The Morgan fingerprint density at radius 3 is 1.71 bits per heavy atom. The first-order valence-corrected chi connectivity index (χ1v) is 7.10. The maximum atomic E-state index is 11.3. The van der Waals surface area contributed by atoms with Crippen LogP contribution in [0.4, 0.5) is 0 Å². The molecule has 5 atom stereocenters. The van der Waals surface area contributed by atoms with Crippen LogP contribution in [0.2, 0.25) is 0 Å². The van der Waals surface area contributed by atoms with Gasteiger partial charge in [-0.2, -0.15) is 0 Å². The van der Waals surface area contributed by atoms with Crippen molar-refractivity contribution in [1.29, 1.82) is 0 Å². The zero-order valence-corrected chi connectivity index (χ0v) is 13.7. The minimum atomic E-state index is -1.68. The van der Waals surface area contributed by atoms with E-state index in [-0.39, 0.29) is 6.61 Å². The number of aliphatic hydroxyl groups excluding tert-OH is 1. The topological polar surface area (TPSA) is 135 Å². The van der Waals surface area contributed by atoms with Gasteiger partial charge in [-0.15, -0.1) is 0 Å². The van der Waals surface area contributed by atoms with Crippen LogP contribution in [-0.2, 0) is 42.9 Å². The number of aliphatic hydroxyl groups is 1. The van der Waals surface area contributed by atoms with Gasteiger partial charge < -0.3 is 28.8 Å². The van der Waals surface area contributed by atoms with Gasteiger partial charge in [-0.25, -0.2) is 0 Å². The number of hydrogen-bond acceptors (Lipinski definition) is 10. The molecule has 1 aliphatic heterocycles. The summed E-state index contributed by atoms with van der Waals surface area (Å²) in [6.45, 7) is 4.09. The molecule has 10 heteroatoms. The molecule has 0 spiro atoms. The first-order valence-electron chi connectivity index (χ1n) is 7.10. The van der Waals surface area contributed by atoms with Gasteiger partial charge in [-0.1, -0.05) is 0 Å². The predicted molar refractivity (Wildman–Crippen MR) is 74.2 cm³/mol. The molecule has 1 aliphatic rings. The summed E-state index contributed by atoms with van der Waals surface area (Å²) in [7, 11) is 0. The molecule has 0 saturated carbocycles. The van der Waals surface area contributed by atoms with Crippen LogP contribution in [-0.4, -0.2) is 66.3 Å². The molecule has 10 nitrogen and oxygen atoms in total. The van der Waals surface area contributed by atoms with E-state index in [1.165, 1.54) is 0 Å². The molecule has 0 bridgehead atoms. The van der Waals surface area contributed by atoms with E-state index in [9.17, 15) is 24.3 Å². The van der Waals surface area contributed by atoms with Gasteiger partial charge in [0, 0.05) is 27.7 Å². The largest absolute Gasteiger partial charge is 0.463 e. The van der Waals surface area contributed by atoms with Crippen LogP contribution in [0.1, 0.15) is 27.7 Å². The van der Waals surface area contributed by atoms with Crippen LogP contribution < -0.4 is 0 Å². The van der Waals surface area contributed by atoms with E-state index in [0.717, 1.165) is 27.7 Å². The first kappa shape index (κ1) is 19.8. The summed E-state index contributed by atoms with van der Waals surface area (Å²) in [6.07, 6.45) is -6.79. The number of carbonyl (C=O) groups excluding carboxylic acids is 4. The Bertz CT molecular complexity index is 502. The molecule has 24 heavy (non-hydrogen) atoms. The van der Waals surface area contributed by atoms with Crippen molar-refractivity contribution in [3.63, 3.8) is 0 Å². The minimum absolute atomic E-state index is 0.366. The molecular formula is C14H20O10. The number of hydrogen-bond donors (Lipinski definition) is 1. The van der Waals surface area contributed by atoms with Crippen molar-refractivity contribution >= 4 is 23.9 Å². The van der Waals surface area contributed by atoms with Crippen molar-refractivity contribution in [3.05, 3.63) is 0 Å². The zero-order valence-electron chi connectivity index (χ0n) is 13.7. The highest BCUT2D eigenvalue weighted by atomic mass is 16.7. The van der Waals surface area contributed by atoms with Gasteiger partial charge in [0.15, 0.2) is 24.6 Å². The fourth-order valence-corrected chi connectivity index (χ4v) is 2.21. The van der Waals surface area contributed by atoms with Crippen molar-refractivity contribution in [2.45, 2.75) is 58.4 Å². The van der Waals surface area contributed by atoms with Crippen LogP contribution in [0.15, 0.2) is 0 Å². The summed E-state index contributed by atoms with van der Waals surface area (Å²) < 4.78 is 25.0. The SMILES string of the molecule is CC(=O)OC[C@@H]1OC(O)[C@@H](OC(C)=O)[C@@H](OC(C)=O)[C@H]1OC(C)=O. The average Bonchev–Trinajstić information content (AvgIpc) is 2.42. The second-order valence-electron chi connectivity index (χ2n) is 5.09. The van der Waals surface area contributed by atoms with E-state index in [1.807, 2.05) is 0 Å². The van der Waals surface area contributed by atoms with Gasteiger partial charge in [0.1, 0.15) is 12.7 Å². The van der Waals surface area contributed by atoms with E-state index in [4.69, 9.17) is 23.7 Å². The highest BCUT2D eigenvalue weighted by molar-refractivity contribution is 5.68. The van der Waals surface area contributed by atoms with E-state index in [2.05, 4.69) is 0 Å². The monoisotopic (exact) mass is 348 g/mol. The maximum Gasteiger partial charge on any atom is 0.303 e. The van der Waals surface area contributed by atoms with Crippen LogP contribution in [0, 0.1) is 0 Å². The normalized spacial score (nSPS) is 29.3. The Balaban J connectivity index is 3.11. The summed E-state index contributed by atoms with van der Waals surface area (Å²) in [5, 5.41) is 10.0. The molecule has 1 heterocycles. The quantitative estimate of drug-likeness (QED) is 0.490. The van der Waals surface area contributed by atoms with Gasteiger partial charge in [0.05, 0.1) is 0 Å². The highest BCUT2D eigenvalue weighted by Gasteiger charge is 2.51. The summed E-state index contributed by atoms with van der Waals surface area (Å²) >= 11 is 0. The highest BCUT2D eigenvalue weighted by Crippen LogP contribution is 2.28. The fraction of sp³-hybridized carbons (Fsp3) is 0.714. The predicted octanol–water partition coefficient (Wildman–Crippen LogP) is -0.938. The Hall–Kier alpha value is -2.20. The van der Waals surface area contributed by atoms with Crippen molar-refractivity contribution in [3.8, 4) is 0 Å². The smallest absolute Gasteiger partial charge is 0.303 e. The molecule has 0 radical (unpaired) electrons. The molecule has 0 aromatic heterocycles. The van der Waals surface area contributed by atoms with E-state index >= 15 is 0 Å². The van der Waals surface area contributed by atoms with Crippen molar-refractivity contribution in [2.75, 3.05) is 6.61 Å².